The number of fused-ring (bicyclic) bond motifs is 1. The minimum atomic E-state index is -3.00. The van der Waals surface area contributed by atoms with Crippen LogP contribution in [0.3, 0.4) is 0 Å². The summed E-state index contributed by atoms with van der Waals surface area (Å²) < 4.78 is 43.9. The predicted molar refractivity (Wildman–Crippen MR) is 94.0 cm³/mol. The largest absolute Gasteiger partial charge is 0.505 e. The minimum absolute atomic E-state index is 0.119. The lowest BCUT2D eigenvalue weighted by Gasteiger charge is -2.09. The molecule has 1 aromatic heterocycles. The summed E-state index contributed by atoms with van der Waals surface area (Å²) in [7, 11) is 0. The number of carbonyl (C=O) groups is 2. The third kappa shape index (κ3) is 3.51. The van der Waals surface area contributed by atoms with Crippen LogP contribution < -0.4 is 10.5 Å². The first-order chi connectivity index (χ1) is 13.2. The van der Waals surface area contributed by atoms with E-state index in [2.05, 4.69) is 4.74 Å². The molecule has 0 radical (unpaired) electrons. The number of hydrogen-bond donors (Lipinski definition) is 2. The SMILES string of the molecule is Cc1c(CC(N)=O)c2cc(O)c(F)cc2n1C(=O)c1ccc(OC(F)F)cc1. The van der Waals surface area contributed by atoms with E-state index in [0.29, 0.717) is 16.6 Å². The van der Waals surface area contributed by atoms with Gasteiger partial charge in [-0.05, 0) is 42.8 Å². The molecule has 28 heavy (non-hydrogen) atoms. The fourth-order valence-electron chi connectivity index (χ4n) is 3.06. The number of ether oxygens (including phenoxy) is 1. The Morgan fingerprint density at radius 2 is 1.86 bits per heavy atom. The van der Waals surface area contributed by atoms with Crippen molar-refractivity contribution < 1.29 is 32.6 Å². The number of rotatable bonds is 5. The zero-order valence-corrected chi connectivity index (χ0v) is 14.6. The number of benzene rings is 2. The van der Waals surface area contributed by atoms with Crippen molar-refractivity contribution in [1.29, 1.82) is 0 Å². The van der Waals surface area contributed by atoms with E-state index < -0.39 is 30.0 Å². The summed E-state index contributed by atoms with van der Waals surface area (Å²) in [4.78, 5) is 24.4. The number of aromatic hydroxyl groups is 1. The highest BCUT2D eigenvalue weighted by atomic mass is 19.3. The van der Waals surface area contributed by atoms with Crippen LogP contribution in [0.15, 0.2) is 36.4 Å². The standard InChI is InChI=1S/C19H15F3N2O4/c1-9-12(7-17(23)26)13-6-16(25)14(20)8-15(13)24(9)18(27)10-2-4-11(5-3-10)28-19(21)22/h2-6,8,19,25H,7H2,1H3,(H2,23,26). The molecular weight excluding hydrogens is 377 g/mol. The van der Waals surface area contributed by atoms with Crippen LogP contribution in [0.5, 0.6) is 11.5 Å². The van der Waals surface area contributed by atoms with Crippen molar-refractivity contribution in [2.75, 3.05) is 0 Å². The highest BCUT2D eigenvalue weighted by Gasteiger charge is 2.22. The number of amides is 1. The summed E-state index contributed by atoms with van der Waals surface area (Å²) in [5.74, 6) is -2.92. The summed E-state index contributed by atoms with van der Waals surface area (Å²) >= 11 is 0. The van der Waals surface area contributed by atoms with E-state index in [0.717, 1.165) is 12.1 Å². The Labute approximate surface area is 156 Å². The average molecular weight is 392 g/mol. The first kappa shape index (κ1) is 19.3. The zero-order chi connectivity index (χ0) is 20.6. The van der Waals surface area contributed by atoms with Gasteiger partial charge in [0.05, 0.1) is 11.9 Å². The molecule has 0 aliphatic rings. The van der Waals surface area contributed by atoms with Crippen molar-refractivity contribution in [1.82, 2.24) is 4.57 Å². The van der Waals surface area contributed by atoms with Crippen molar-refractivity contribution in [3.63, 3.8) is 0 Å². The number of phenolic OH excluding ortho intramolecular Hbond substituents is 1. The lowest BCUT2D eigenvalue weighted by atomic mass is 10.1. The third-order valence-corrected chi connectivity index (χ3v) is 4.28. The first-order valence-electron chi connectivity index (χ1n) is 8.09. The molecule has 6 nitrogen and oxygen atoms in total. The number of halogens is 3. The van der Waals surface area contributed by atoms with E-state index in [9.17, 15) is 27.9 Å². The Morgan fingerprint density at radius 1 is 1.21 bits per heavy atom. The molecule has 1 heterocycles. The molecule has 0 unspecified atom stereocenters. The fourth-order valence-corrected chi connectivity index (χ4v) is 3.06. The number of nitrogens with two attached hydrogens (primary N) is 1. The maximum Gasteiger partial charge on any atom is 0.387 e. The Kier molecular flexibility index (Phi) is 5.00. The normalized spacial score (nSPS) is 11.2. The molecule has 2 aromatic carbocycles. The van der Waals surface area contributed by atoms with Crippen molar-refractivity contribution >= 4 is 22.7 Å². The quantitative estimate of drug-likeness (QED) is 0.698. The van der Waals surface area contributed by atoms with E-state index in [4.69, 9.17) is 5.73 Å². The minimum Gasteiger partial charge on any atom is -0.505 e. The molecule has 3 aromatic rings. The second kappa shape index (κ2) is 7.26. The van der Waals surface area contributed by atoms with Crippen molar-refractivity contribution in [3.8, 4) is 11.5 Å². The van der Waals surface area contributed by atoms with E-state index in [1.165, 1.54) is 28.8 Å². The number of primary amides is 1. The Bertz CT molecular complexity index is 1080. The maximum atomic E-state index is 13.9. The van der Waals surface area contributed by atoms with Gasteiger partial charge in [0, 0.05) is 22.7 Å². The molecule has 0 saturated carbocycles. The van der Waals surface area contributed by atoms with E-state index in [-0.39, 0.29) is 23.3 Å². The second-order valence-electron chi connectivity index (χ2n) is 6.07. The van der Waals surface area contributed by atoms with Gasteiger partial charge in [0.25, 0.3) is 5.91 Å². The fraction of sp³-hybridized carbons (Fsp3) is 0.158. The van der Waals surface area contributed by atoms with E-state index in [1.54, 1.807) is 6.92 Å². The molecule has 146 valence electrons. The Morgan fingerprint density at radius 3 is 2.43 bits per heavy atom. The third-order valence-electron chi connectivity index (χ3n) is 4.28. The molecule has 0 fully saturated rings. The Balaban J connectivity index is 2.13. The van der Waals surface area contributed by atoms with Crippen molar-refractivity contribution in [3.05, 3.63) is 59.0 Å². The number of alkyl halides is 2. The summed E-state index contributed by atoms with van der Waals surface area (Å²) in [5.41, 5.74) is 6.25. The smallest absolute Gasteiger partial charge is 0.387 e. The molecular formula is C19H15F3N2O4. The van der Waals surface area contributed by atoms with E-state index in [1.807, 2.05) is 0 Å². The van der Waals surface area contributed by atoms with Crippen LogP contribution >= 0.6 is 0 Å². The van der Waals surface area contributed by atoms with Gasteiger partial charge >= 0.3 is 6.61 Å². The van der Waals surface area contributed by atoms with Gasteiger partial charge in [-0.2, -0.15) is 8.78 Å². The number of aromatic nitrogens is 1. The summed E-state index contributed by atoms with van der Waals surface area (Å²) in [6, 6.07) is 7.09. The van der Waals surface area contributed by atoms with Crippen molar-refractivity contribution in [2.24, 2.45) is 5.73 Å². The first-order valence-corrected chi connectivity index (χ1v) is 8.09. The highest BCUT2D eigenvalue weighted by molar-refractivity contribution is 6.05. The number of carbonyl (C=O) groups excluding carboxylic acids is 2. The molecule has 0 aliphatic heterocycles. The van der Waals surface area contributed by atoms with Gasteiger partial charge < -0.3 is 15.6 Å². The molecule has 0 bridgehead atoms. The average Bonchev–Trinajstić information content (AvgIpc) is 2.86. The lowest BCUT2D eigenvalue weighted by molar-refractivity contribution is -0.117. The lowest BCUT2D eigenvalue weighted by Crippen LogP contribution is -2.16. The Hall–Kier alpha value is -3.49. The van der Waals surface area contributed by atoms with Crippen LogP contribution in [0.2, 0.25) is 0 Å². The molecule has 9 heteroatoms. The van der Waals surface area contributed by atoms with Crippen LogP contribution in [-0.4, -0.2) is 28.1 Å². The van der Waals surface area contributed by atoms with Crippen LogP contribution in [0, 0.1) is 12.7 Å². The summed E-state index contributed by atoms with van der Waals surface area (Å²) in [6.45, 7) is -1.44. The van der Waals surface area contributed by atoms with E-state index >= 15 is 0 Å². The molecule has 1 amide bonds. The van der Waals surface area contributed by atoms with Gasteiger partial charge in [0.1, 0.15) is 5.75 Å². The van der Waals surface area contributed by atoms with Crippen LogP contribution in [0.4, 0.5) is 13.2 Å². The van der Waals surface area contributed by atoms with Crippen LogP contribution in [-0.2, 0) is 11.2 Å². The predicted octanol–water partition coefficient (Wildman–Crippen LogP) is 3.11. The molecule has 0 aliphatic carbocycles. The van der Waals surface area contributed by atoms with Gasteiger partial charge in [-0.25, -0.2) is 4.39 Å². The highest BCUT2D eigenvalue weighted by Crippen LogP contribution is 2.32. The molecule has 0 atom stereocenters. The van der Waals surface area contributed by atoms with Gasteiger partial charge in [0.2, 0.25) is 5.91 Å². The molecule has 3 N–H and O–H groups in total. The monoisotopic (exact) mass is 392 g/mol. The number of hydrogen-bond acceptors (Lipinski definition) is 4. The van der Waals surface area contributed by atoms with Gasteiger partial charge in [-0.1, -0.05) is 0 Å². The topological polar surface area (TPSA) is 94.5 Å². The van der Waals surface area contributed by atoms with Crippen LogP contribution in [0.1, 0.15) is 21.6 Å². The summed E-state index contributed by atoms with van der Waals surface area (Å²) in [6.07, 6.45) is -0.213. The van der Waals surface area contributed by atoms with Gasteiger partial charge in [-0.15, -0.1) is 0 Å². The van der Waals surface area contributed by atoms with Crippen LogP contribution in [0.25, 0.3) is 10.9 Å². The molecule has 3 rings (SSSR count). The van der Waals surface area contributed by atoms with Crippen molar-refractivity contribution in [2.45, 2.75) is 20.0 Å². The summed E-state index contributed by atoms with van der Waals surface area (Å²) in [5, 5.41) is 9.98. The maximum absolute atomic E-state index is 13.9. The van der Waals surface area contributed by atoms with Gasteiger partial charge in [0.15, 0.2) is 11.6 Å². The second-order valence-corrected chi connectivity index (χ2v) is 6.07. The molecule has 0 saturated heterocycles. The molecule has 0 spiro atoms. The van der Waals surface area contributed by atoms with Gasteiger partial charge in [-0.3, -0.25) is 14.2 Å². The number of nitrogens with zero attached hydrogens (tertiary/aromatic N) is 1. The zero-order valence-electron chi connectivity index (χ0n) is 14.6. The number of phenols is 1.